The molecule has 35 heavy (non-hydrogen) atoms. The molecule has 4 aromatic heterocycles. The maximum absolute atomic E-state index is 10.6. The molecule has 0 radical (unpaired) electrons. The van der Waals surface area contributed by atoms with Crippen LogP contribution >= 0.6 is 11.3 Å². The summed E-state index contributed by atoms with van der Waals surface area (Å²) in [4.78, 5) is 25.3. The van der Waals surface area contributed by atoms with Crippen molar-refractivity contribution < 1.29 is 23.1 Å². The molecule has 0 aliphatic carbocycles. The molecule has 1 fully saturated rings. The van der Waals surface area contributed by atoms with Crippen LogP contribution in [0.3, 0.4) is 0 Å². The average molecular weight is 502 g/mol. The topological polar surface area (TPSA) is 141 Å². The fourth-order valence-electron chi connectivity index (χ4n) is 3.44. The second-order valence-electron chi connectivity index (χ2n) is 7.63. The second kappa shape index (κ2) is 9.26. The van der Waals surface area contributed by atoms with Gasteiger partial charge in [-0.2, -0.15) is 23.5 Å². The normalized spacial score (nSPS) is 13.7. The number of aliphatic carboxylic acids is 1. The molecule has 14 heteroatoms. The molecule has 5 rings (SSSR count). The first-order valence-corrected chi connectivity index (χ1v) is 11.0. The number of nitrogens with one attached hydrogen (secondary N) is 1. The molecule has 1 saturated heterocycles. The lowest BCUT2D eigenvalue weighted by Crippen LogP contribution is -2.55. The van der Waals surface area contributed by atoms with Gasteiger partial charge in [-0.05, 0) is 31.5 Å². The molecule has 0 atom stereocenters. The fraction of sp³-hybridized carbons (Fsp3) is 0.286. The molecule has 0 unspecified atom stereocenters. The van der Waals surface area contributed by atoms with Crippen LogP contribution in [0.4, 0.5) is 24.8 Å². The molecular weight excluding hydrogens is 485 g/mol. The van der Waals surface area contributed by atoms with Crippen LogP contribution in [0, 0.1) is 25.2 Å². The molecule has 2 N–H and O–H groups in total. The molecule has 0 spiro atoms. The van der Waals surface area contributed by atoms with Crippen LogP contribution in [0.1, 0.15) is 16.8 Å². The number of nitriles is 1. The molecule has 0 bridgehead atoms. The van der Waals surface area contributed by atoms with E-state index in [1.54, 1.807) is 36.0 Å². The number of hydrogen-bond acceptors (Lipinski definition) is 10. The van der Waals surface area contributed by atoms with E-state index < -0.39 is 12.1 Å². The van der Waals surface area contributed by atoms with Crippen molar-refractivity contribution in [1.82, 2.24) is 25.1 Å². The van der Waals surface area contributed by atoms with E-state index in [1.807, 2.05) is 6.92 Å². The van der Waals surface area contributed by atoms with Crippen LogP contribution in [0.25, 0.3) is 20.4 Å². The van der Waals surface area contributed by atoms with Crippen LogP contribution in [-0.2, 0) is 4.79 Å². The first kappa shape index (κ1) is 24.0. The standard InChI is InChI=1S/C19H16N8S.C2HF3O2/c1-10-11(2)25-26-19-14(10)15-16(28-19)18(23-9-22-15)27-7-13(8-27)24-17-12(6-20)4-3-5-21-17;3-2(4,5)1(6)7/h3-5,9,13H,7-8H2,1-2H3,(H,21,24);(H,6,7). The minimum absolute atomic E-state index is 0.213. The van der Waals surface area contributed by atoms with Gasteiger partial charge in [0, 0.05) is 24.7 Å². The van der Waals surface area contributed by atoms with Gasteiger partial charge in [0.1, 0.15) is 28.9 Å². The van der Waals surface area contributed by atoms with Crippen molar-refractivity contribution in [3.63, 3.8) is 0 Å². The number of aromatic nitrogens is 5. The number of fused-ring (bicyclic) bond motifs is 3. The van der Waals surface area contributed by atoms with Crippen molar-refractivity contribution in [2.24, 2.45) is 0 Å². The Kier molecular flexibility index (Phi) is 6.35. The minimum atomic E-state index is -5.08. The van der Waals surface area contributed by atoms with Gasteiger partial charge in [0.15, 0.2) is 0 Å². The molecule has 1 aliphatic rings. The van der Waals surface area contributed by atoms with Gasteiger partial charge in [-0.3, -0.25) is 0 Å². The molecule has 0 saturated carbocycles. The predicted octanol–water partition coefficient (Wildman–Crippen LogP) is 3.45. The third kappa shape index (κ3) is 4.76. The number of alkyl halides is 3. The number of carboxylic acids is 1. The van der Waals surface area contributed by atoms with Gasteiger partial charge in [0.25, 0.3) is 0 Å². The third-order valence-electron chi connectivity index (χ3n) is 5.34. The smallest absolute Gasteiger partial charge is 0.475 e. The van der Waals surface area contributed by atoms with E-state index in [-0.39, 0.29) is 6.04 Å². The molecule has 4 aromatic rings. The van der Waals surface area contributed by atoms with Gasteiger partial charge < -0.3 is 15.3 Å². The molecule has 0 aromatic carbocycles. The van der Waals surface area contributed by atoms with E-state index in [0.717, 1.165) is 50.6 Å². The number of aryl methyl sites for hydroxylation is 2. The van der Waals surface area contributed by atoms with E-state index >= 15 is 0 Å². The zero-order valence-electron chi connectivity index (χ0n) is 18.3. The minimum Gasteiger partial charge on any atom is -0.475 e. The van der Waals surface area contributed by atoms with E-state index in [4.69, 9.17) is 9.90 Å². The van der Waals surface area contributed by atoms with Crippen molar-refractivity contribution in [2.75, 3.05) is 23.3 Å². The van der Waals surface area contributed by atoms with Gasteiger partial charge in [-0.25, -0.2) is 19.7 Å². The molecule has 10 nitrogen and oxygen atoms in total. The summed E-state index contributed by atoms with van der Waals surface area (Å²) in [5, 5.41) is 29.3. The van der Waals surface area contributed by atoms with Crippen LogP contribution in [0.2, 0.25) is 0 Å². The first-order valence-electron chi connectivity index (χ1n) is 10.1. The quantitative estimate of drug-likeness (QED) is 0.428. The summed E-state index contributed by atoms with van der Waals surface area (Å²) >= 11 is 1.58. The number of halogens is 3. The second-order valence-corrected chi connectivity index (χ2v) is 8.63. The highest BCUT2D eigenvalue weighted by molar-refractivity contribution is 7.26. The highest BCUT2D eigenvalue weighted by Gasteiger charge is 2.38. The Morgan fingerprint density at radius 1 is 1.26 bits per heavy atom. The van der Waals surface area contributed by atoms with Crippen molar-refractivity contribution in [1.29, 1.82) is 5.26 Å². The monoisotopic (exact) mass is 502 g/mol. The summed E-state index contributed by atoms with van der Waals surface area (Å²) in [5.74, 6) is -1.21. The molecular formula is C21H17F3N8O2S. The number of nitrogens with zero attached hydrogens (tertiary/aromatic N) is 7. The summed E-state index contributed by atoms with van der Waals surface area (Å²) in [6, 6.07) is 5.92. The van der Waals surface area contributed by atoms with Gasteiger partial charge >= 0.3 is 12.1 Å². The molecule has 5 heterocycles. The van der Waals surface area contributed by atoms with Gasteiger partial charge in [-0.1, -0.05) is 0 Å². The lowest BCUT2D eigenvalue weighted by Gasteiger charge is -2.40. The van der Waals surface area contributed by atoms with Crippen LogP contribution in [0.5, 0.6) is 0 Å². The van der Waals surface area contributed by atoms with Gasteiger partial charge in [0.05, 0.1) is 27.5 Å². The zero-order chi connectivity index (χ0) is 25.3. The Labute approximate surface area is 200 Å². The SMILES string of the molecule is Cc1nnc2sc3c(N4CC(Nc5ncccc5C#N)C4)ncnc3c2c1C.O=C(O)C(F)(F)F. The van der Waals surface area contributed by atoms with Crippen LogP contribution in [-0.4, -0.2) is 61.5 Å². The summed E-state index contributed by atoms with van der Waals surface area (Å²) in [5.41, 5.74) is 3.53. The summed E-state index contributed by atoms with van der Waals surface area (Å²) in [7, 11) is 0. The maximum Gasteiger partial charge on any atom is 0.490 e. The van der Waals surface area contributed by atoms with E-state index in [1.165, 1.54) is 0 Å². The summed E-state index contributed by atoms with van der Waals surface area (Å²) in [6.07, 6.45) is -1.78. The molecule has 0 amide bonds. The van der Waals surface area contributed by atoms with Gasteiger partial charge in [0.2, 0.25) is 0 Å². The van der Waals surface area contributed by atoms with Crippen molar-refractivity contribution in [2.45, 2.75) is 26.1 Å². The highest BCUT2D eigenvalue weighted by atomic mass is 32.1. The number of hydrogen-bond donors (Lipinski definition) is 2. The Bertz CT molecular complexity index is 1460. The Balaban J connectivity index is 0.000000364. The van der Waals surface area contributed by atoms with Crippen molar-refractivity contribution in [3.05, 3.63) is 41.5 Å². The molecule has 1 aliphatic heterocycles. The summed E-state index contributed by atoms with van der Waals surface area (Å²) in [6.45, 7) is 5.59. The summed E-state index contributed by atoms with van der Waals surface area (Å²) < 4.78 is 32.8. The number of carbonyl (C=O) groups is 1. The lowest BCUT2D eigenvalue weighted by atomic mass is 10.1. The predicted molar refractivity (Wildman–Crippen MR) is 122 cm³/mol. The number of pyridine rings is 1. The van der Waals surface area contributed by atoms with E-state index in [9.17, 15) is 18.4 Å². The first-order chi connectivity index (χ1) is 16.6. The van der Waals surface area contributed by atoms with Crippen LogP contribution in [0.15, 0.2) is 24.7 Å². The Morgan fingerprint density at radius 2 is 1.97 bits per heavy atom. The lowest BCUT2D eigenvalue weighted by molar-refractivity contribution is -0.192. The molecule has 180 valence electrons. The van der Waals surface area contributed by atoms with E-state index in [0.29, 0.717) is 11.4 Å². The van der Waals surface area contributed by atoms with Gasteiger partial charge in [-0.15, -0.1) is 16.4 Å². The van der Waals surface area contributed by atoms with Crippen LogP contribution < -0.4 is 10.2 Å². The van der Waals surface area contributed by atoms with Crippen molar-refractivity contribution >= 4 is 49.4 Å². The van der Waals surface area contributed by atoms with Crippen molar-refractivity contribution in [3.8, 4) is 6.07 Å². The Morgan fingerprint density at radius 3 is 2.63 bits per heavy atom. The zero-order valence-corrected chi connectivity index (χ0v) is 19.1. The largest absolute Gasteiger partial charge is 0.490 e. The Hall–Kier alpha value is -4.12. The number of rotatable bonds is 3. The maximum atomic E-state index is 10.6. The number of anilines is 2. The van der Waals surface area contributed by atoms with E-state index in [2.05, 4.69) is 48.4 Å². The fourth-order valence-corrected chi connectivity index (χ4v) is 4.59. The number of carboxylic acid groups (broad SMARTS) is 1. The highest BCUT2D eigenvalue weighted by Crippen LogP contribution is 2.39. The average Bonchev–Trinajstić information content (AvgIpc) is 3.18. The third-order valence-corrected chi connectivity index (χ3v) is 6.39. The number of thiophene rings is 1.